The van der Waals surface area contributed by atoms with Crippen LogP contribution < -0.4 is 0 Å². The number of aliphatic hydroxyl groups excluding tert-OH is 12. The number of hydrogen-bond donors (Lipinski definition) is 13. The number of aliphatic hydroxyl groups is 12. The molecule has 0 spiro atoms. The number of esters is 2. The van der Waals surface area contributed by atoms with Crippen molar-refractivity contribution in [3.05, 3.63) is 34.9 Å². The molecule has 0 unspecified atom stereocenters. The van der Waals surface area contributed by atoms with Gasteiger partial charge in [-0.15, -0.1) is 0 Å². The molecule has 81 heavy (non-hydrogen) atoms. The number of aliphatic carboxylic acids is 1. The van der Waals surface area contributed by atoms with E-state index in [9.17, 15) is 80.8 Å². The molecule has 3 aliphatic heterocycles. The van der Waals surface area contributed by atoms with Crippen LogP contribution in [0.3, 0.4) is 0 Å². The molecule has 27 atom stereocenters. The first kappa shape index (κ1) is 63.9. The maximum atomic E-state index is 13.9. The minimum atomic E-state index is -2.18. The van der Waals surface area contributed by atoms with Gasteiger partial charge in [-0.3, -0.25) is 0 Å². The Kier molecular flexibility index (Phi) is 18.4. The zero-order valence-electron chi connectivity index (χ0n) is 47.8. The molecule has 3 saturated heterocycles. The fraction of sp³-hybridized carbons (Fsp3) is 0.842. The number of fused-ring (bicyclic) bond motifs is 7. The van der Waals surface area contributed by atoms with Gasteiger partial charge in [-0.05, 0) is 94.8 Å². The first-order valence-corrected chi connectivity index (χ1v) is 28.3. The van der Waals surface area contributed by atoms with Crippen LogP contribution in [0.15, 0.2) is 34.9 Å². The summed E-state index contributed by atoms with van der Waals surface area (Å²) in [4.78, 5) is 40.4. The van der Waals surface area contributed by atoms with E-state index in [1.807, 2.05) is 27.7 Å². The minimum Gasteiger partial charge on any atom is -0.479 e. The van der Waals surface area contributed by atoms with Crippen molar-refractivity contribution in [3.8, 4) is 0 Å². The van der Waals surface area contributed by atoms with E-state index in [1.165, 1.54) is 0 Å². The number of carbonyl (C=O) groups is 3. The Hall–Kier alpha value is -3.09. The first-order valence-electron chi connectivity index (χ1n) is 28.3. The van der Waals surface area contributed by atoms with Gasteiger partial charge in [0.2, 0.25) is 0 Å². The molecule has 8 aliphatic rings. The van der Waals surface area contributed by atoms with Gasteiger partial charge in [0.25, 0.3) is 0 Å². The third kappa shape index (κ3) is 9.98. The van der Waals surface area contributed by atoms with Gasteiger partial charge in [-0.25, -0.2) is 14.4 Å². The fourth-order valence-electron chi connectivity index (χ4n) is 16.2. The second-order valence-electron chi connectivity index (χ2n) is 25.9. The van der Waals surface area contributed by atoms with Gasteiger partial charge < -0.3 is 104 Å². The molecule has 8 rings (SSSR count). The van der Waals surface area contributed by atoms with Gasteiger partial charge in [0.1, 0.15) is 67.1 Å². The Labute approximate surface area is 471 Å². The van der Waals surface area contributed by atoms with Crippen LogP contribution in [-0.4, -0.2) is 227 Å². The maximum absolute atomic E-state index is 13.9. The van der Waals surface area contributed by atoms with E-state index in [4.69, 9.17) is 37.9 Å². The molecule has 0 amide bonds. The Morgan fingerprint density at radius 3 is 1.70 bits per heavy atom. The van der Waals surface area contributed by atoms with Gasteiger partial charge in [0.15, 0.2) is 31.1 Å². The van der Waals surface area contributed by atoms with Crippen molar-refractivity contribution in [1.29, 1.82) is 0 Å². The monoisotopic (exact) mass is 1160 g/mol. The summed E-state index contributed by atoms with van der Waals surface area (Å²) in [6.07, 6.45) is -25.7. The Balaban J connectivity index is 1.15. The predicted octanol–water partition coefficient (Wildman–Crippen LogP) is -0.765. The van der Waals surface area contributed by atoms with Crippen LogP contribution in [0.4, 0.5) is 0 Å². The third-order valence-electron chi connectivity index (χ3n) is 21.5. The summed E-state index contributed by atoms with van der Waals surface area (Å²) >= 11 is 0. The smallest absolute Gasteiger partial charge is 0.335 e. The van der Waals surface area contributed by atoms with Crippen molar-refractivity contribution in [2.75, 3.05) is 26.4 Å². The van der Waals surface area contributed by atoms with Crippen molar-refractivity contribution >= 4 is 17.9 Å². The quantitative estimate of drug-likeness (QED) is 0.0415. The molecule has 13 N–H and O–H groups in total. The molecule has 0 aromatic rings. The van der Waals surface area contributed by atoms with Crippen LogP contribution in [0.1, 0.15) is 108 Å². The van der Waals surface area contributed by atoms with E-state index in [-0.39, 0.29) is 24.3 Å². The Bertz CT molecular complexity index is 2410. The van der Waals surface area contributed by atoms with Gasteiger partial charge in [-0.1, -0.05) is 65.3 Å². The number of carboxylic acid groups (broad SMARTS) is 1. The molecule has 7 fully saturated rings. The number of carboxylic acids is 1. The molecule has 24 heteroatoms. The zero-order chi connectivity index (χ0) is 60.0. The molecule has 4 saturated carbocycles. The second kappa shape index (κ2) is 23.3. The highest BCUT2D eigenvalue weighted by atomic mass is 16.8. The highest BCUT2D eigenvalue weighted by molar-refractivity contribution is 5.89. The number of allylic oxidation sites excluding steroid dienone is 3. The standard InChI is InChI=1S/C57H88O24/c1-11-24(3)47(72)80-44-45(81-48(73)25(4)12-2)57(23-61)27(19-52(44,5)6)26-13-14-31-53(7)17-16-32(54(8,22-60)30(53)15-18-55(31,9)56(26,10)42(68)43(57)69)76-51-41(79-50-37(66)35(64)33(62)28(20-58)74-50)39(38(67)40(78-51)46(70)71)77-49-36(65)34(63)29(21-59)75-49/h11-13,27-45,49-51,58-69H,14-23H2,1-10H3,(H,70,71)/b24-11+,25-12-/t27-,28+,29-,30+,31+,32-,33+,34-,35-,36+,37+,38-,39-,40-,41+,42-,43+,44-,45-,49-,50-,51+,53-,54+,55+,56-,57-/m0/s1. The summed E-state index contributed by atoms with van der Waals surface area (Å²) in [5.74, 6) is -4.48. The summed E-state index contributed by atoms with van der Waals surface area (Å²) in [6, 6.07) is 0. The van der Waals surface area contributed by atoms with Crippen LogP contribution >= 0.6 is 0 Å². The lowest BCUT2D eigenvalue weighted by atomic mass is 9.32. The highest BCUT2D eigenvalue weighted by Crippen LogP contribution is 2.76. The summed E-state index contributed by atoms with van der Waals surface area (Å²) in [5, 5.41) is 146. The van der Waals surface area contributed by atoms with Gasteiger partial charge in [0, 0.05) is 27.4 Å². The molecule has 460 valence electrons. The lowest BCUT2D eigenvalue weighted by molar-refractivity contribution is -0.387. The summed E-state index contributed by atoms with van der Waals surface area (Å²) in [7, 11) is 0. The van der Waals surface area contributed by atoms with Crippen LogP contribution in [0, 0.1) is 50.2 Å². The van der Waals surface area contributed by atoms with E-state index in [0.717, 1.165) is 5.57 Å². The van der Waals surface area contributed by atoms with Crippen LogP contribution in [0.25, 0.3) is 0 Å². The molecule has 24 nitrogen and oxygen atoms in total. The minimum absolute atomic E-state index is 0.165. The SMILES string of the molecule is C/C=C(/C)C(=O)O[C@H]1[C@H](OC(=O)/C(C)=C/C)C(C)(C)C[C@H]2C3=CC[C@@H]4[C@@]5(C)CC[C@H](O[C@@H]6O[C@H](C(=O)O)[C@@H](O)[C@H](O[C@@H]7O[C@@H](CO)[C@H](O)[C@H]7O)[C@H]6O[C@@H]6O[C@H](CO)[C@@H](O)[C@H](O)[C@H]6O)[C@](C)(CO)[C@@H]5CC[C@@]4(C)[C@]3(C)[C@@H](O)[C@@H](O)[C@]21CO. The average molecular weight is 1160 g/mol. The van der Waals surface area contributed by atoms with Crippen LogP contribution in [0.2, 0.25) is 0 Å². The van der Waals surface area contributed by atoms with Crippen molar-refractivity contribution in [2.45, 2.75) is 224 Å². The molecule has 5 aliphatic carbocycles. The molecule has 0 aromatic heterocycles. The van der Waals surface area contributed by atoms with Gasteiger partial charge in [0.05, 0.1) is 50.2 Å². The number of rotatable bonds is 15. The molecule has 0 radical (unpaired) electrons. The van der Waals surface area contributed by atoms with Gasteiger partial charge in [-0.2, -0.15) is 0 Å². The van der Waals surface area contributed by atoms with E-state index < -0.39 is 205 Å². The molecular formula is C57H88O24. The molecule has 3 heterocycles. The van der Waals surface area contributed by atoms with Crippen LogP contribution in [-0.2, 0) is 52.3 Å². The summed E-state index contributed by atoms with van der Waals surface area (Å²) in [5.41, 5.74) is -5.25. The van der Waals surface area contributed by atoms with Crippen LogP contribution in [0.5, 0.6) is 0 Å². The number of hydrogen-bond acceptors (Lipinski definition) is 23. The van der Waals surface area contributed by atoms with Crippen molar-refractivity contribution in [3.63, 3.8) is 0 Å². The summed E-state index contributed by atoms with van der Waals surface area (Å²) < 4.78 is 48.8. The summed E-state index contributed by atoms with van der Waals surface area (Å²) in [6.45, 7) is 15.3. The van der Waals surface area contributed by atoms with E-state index in [2.05, 4.69) is 19.9 Å². The van der Waals surface area contributed by atoms with E-state index >= 15 is 0 Å². The fourth-order valence-corrected chi connectivity index (χ4v) is 16.2. The predicted molar refractivity (Wildman–Crippen MR) is 278 cm³/mol. The van der Waals surface area contributed by atoms with E-state index in [1.54, 1.807) is 39.8 Å². The Morgan fingerprint density at radius 2 is 1.17 bits per heavy atom. The number of ether oxygens (including phenoxy) is 8. The first-order chi connectivity index (χ1) is 37.9. The van der Waals surface area contributed by atoms with Gasteiger partial charge >= 0.3 is 17.9 Å². The normalized spacial score (nSPS) is 49.8. The highest BCUT2D eigenvalue weighted by Gasteiger charge is 2.77. The molecule has 0 bridgehead atoms. The number of carbonyl (C=O) groups excluding carboxylic acids is 2. The Morgan fingerprint density at radius 1 is 0.630 bits per heavy atom. The zero-order valence-corrected chi connectivity index (χ0v) is 47.8. The largest absolute Gasteiger partial charge is 0.479 e. The van der Waals surface area contributed by atoms with E-state index in [0.29, 0.717) is 31.3 Å². The lowest BCUT2D eigenvalue weighted by Gasteiger charge is -2.73. The maximum Gasteiger partial charge on any atom is 0.335 e. The van der Waals surface area contributed by atoms with Crippen molar-refractivity contribution < 1.29 is 119 Å². The van der Waals surface area contributed by atoms with Crippen molar-refractivity contribution in [2.24, 2.45) is 50.2 Å². The second-order valence-corrected chi connectivity index (χ2v) is 25.9. The topological polar surface area (TPSA) is 388 Å². The average Bonchev–Trinajstić information content (AvgIpc) is 3.87. The lowest BCUT2D eigenvalue weighted by Crippen LogP contribution is -2.76. The molecule has 0 aromatic carbocycles. The third-order valence-corrected chi connectivity index (χ3v) is 21.5. The molecular weight excluding hydrogens is 1070 g/mol. The van der Waals surface area contributed by atoms with Crippen molar-refractivity contribution in [1.82, 2.24) is 0 Å².